The second-order valence-electron chi connectivity index (χ2n) is 11.8. The molecule has 0 saturated carbocycles. The van der Waals surface area contributed by atoms with Crippen LogP contribution in [-0.4, -0.2) is 59.6 Å². The smallest absolute Gasteiger partial charge is 0.420 e. The molecule has 252 valence electrons. The van der Waals surface area contributed by atoms with Gasteiger partial charge in [0, 0.05) is 21.7 Å². The van der Waals surface area contributed by atoms with Crippen LogP contribution in [0, 0.1) is 0 Å². The molecule has 0 fully saturated rings. The second-order valence-corrected chi connectivity index (χ2v) is 11.8. The molecule has 0 aromatic heterocycles. The summed E-state index contributed by atoms with van der Waals surface area (Å²) >= 11 is 0. The predicted octanol–water partition coefficient (Wildman–Crippen LogP) is 7.70. The van der Waals surface area contributed by atoms with Gasteiger partial charge in [0.25, 0.3) is 0 Å². The summed E-state index contributed by atoms with van der Waals surface area (Å²) in [6, 6.07) is 28.5. The van der Waals surface area contributed by atoms with E-state index in [1.165, 1.54) is 0 Å². The molecule has 0 bridgehead atoms. The lowest BCUT2D eigenvalue weighted by atomic mass is 9.95. The molecule has 1 unspecified atom stereocenters. The fraction of sp³-hybridized carbons (Fsp3) is 0.250. The first-order chi connectivity index (χ1) is 24.4. The van der Waals surface area contributed by atoms with Crippen molar-refractivity contribution in [2.45, 2.75) is 36.4 Å². The Kier molecular flexibility index (Phi) is 9.68. The highest BCUT2D eigenvalue weighted by Gasteiger charge is 2.57. The SMILES string of the molecule is [N-]=[N+]=NC(CCCN)[C@@](N=[N+]=[N-])(C(=O)O)N(C(=O)OCC1c2ccccc2-c2ccccc21)C(=O)OCC1c2ccccc2-c2ccccc21. The summed E-state index contributed by atoms with van der Waals surface area (Å²) in [7, 11) is 0. The maximum atomic E-state index is 14.2. The largest absolute Gasteiger partial charge is 0.479 e. The van der Waals surface area contributed by atoms with E-state index in [-0.39, 0.29) is 37.5 Å². The number of aliphatic carboxylic acids is 1. The summed E-state index contributed by atoms with van der Waals surface area (Å²) < 4.78 is 11.4. The quantitative estimate of drug-likeness (QED) is 0.0867. The normalized spacial score (nSPS) is 14.3. The van der Waals surface area contributed by atoms with Crippen molar-refractivity contribution in [2.24, 2.45) is 16.0 Å². The Hall–Kier alpha value is -6.33. The Bertz CT molecular complexity index is 1850. The predicted molar refractivity (Wildman–Crippen MR) is 183 cm³/mol. The summed E-state index contributed by atoms with van der Waals surface area (Å²) in [6.07, 6.45) is -3.09. The van der Waals surface area contributed by atoms with E-state index in [1.54, 1.807) is 0 Å². The zero-order chi connectivity index (χ0) is 35.3. The number of azide groups is 2. The number of carboxylic acid groups (broad SMARTS) is 1. The molecule has 4 aromatic carbocycles. The van der Waals surface area contributed by atoms with Crippen LogP contribution >= 0.6 is 0 Å². The van der Waals surface area contributed by atoms with Crippen LogP contribution in [0.15, 0.2) is 107 Å². The monoisotopic (exact) mass is 672 g/mol. The number of rotatable bonds is 12. The number of carboxylic acids is 1. The third-order valence-electron chi connectivity index (χ3n) is 9.23. The van der Waals surface area contributed by atoms with E-state index in [0.717, 1.165) is 44.5 Å². The van der Waals surface area contributed by atoms with Gasteiger partial charge in [0.1, 0.15) is 13.2 Å². The van der Waals surface area contributed by atoms with Crippen molar-refractivity contribution in [3.63, 3.8) is 0 Å². The van der Waals surface area contributed by atoms with Gasteiger partial charge in [0.15, 0.2) is 0 Å². The minimum atomic E-state index is -3.11. The second kappa shape index (κ2) is 14.4. The molecule has 2 aliphatic carbocycles. The van der Waals surface area contributed by atoms with Crippen LogP contribution in [0.1, 0.15) is 46.9 Å². The molecule has 2 amide bonds. The van der Waals surface area contributed by atoms with Crippen LogP contribution in [0.4, 0.5) is 9.59 Å². The van der Waals surface area contributed by atoms with Gasteiger partial charge in [-0.2, -0.15) is 4.90 Å². The van der Waals surface area contributed by atoms with E-state index in [4.69, 9.17) is 15.2 Å². The fourth-order valence-electron chi connectivity index (χ4n) is 6.99. The van der Waals surface area contributed by atoms with Crippen molar-refractivity contribution in [3.05, 3.63) is 140 Å². The highest BCUT2D eigenvalue weighted by molar-refractivity contribution is 5.96. The molecular weight excluding hydrogens is 640 g/mol. The summed E-state index contributed by atoms with van der Waals surface area (Å²) in [4.78, 5) is 47.1. The van der Waals surface area contributed by atoms with Gasteiger partial charge in [-0.05, 0) is 75.0 Å². The molecule has 50 heavy (non-hydrogen) atoms. The van der Waals surface area contributed by atoms with Crippen LogP contribution in [0.2, 0.25) is 0 Å². The number of nitrogens with two attached hydrogens (primary N) is 1. The lowest BCUT2D eigenvalue weighted by Crippen LogP contribution is -2.64. The number of fused-ring (bicyclic) bond motifs is 6. The Morgan fingerprint density at radius 2 is 1.14 bits per heavy atom. The molecule has 14 heteroatoms. The summed E-state index contributed by atoms with van der Waals surface area (Å²) in [5.74, 6) is -2.86. The molecule has 14 nitrogen and oxygen atoms in total. The number of benzene rings is 4. The van der Waals surface area contributed by atoms with Crippen LogP contribution in [0.3, 0.4) is 0 Å². The van der Waals surface area contributed by atoms with Gasteiger partial charge in [-0.3, -0.25) is 0 Å². The Morgan fingerprint density at radius 3 is 1.48 bits per heavy atom. The standard InChI is InChI=1S/C36H32N8O6/c37-19-9-18-32(40-42-38)36(33(45)46,41-43-39)44(34(47)49-20-30-26-14-5-1-10-22(26)23-11-2-6-15-27(23)30)35(48)50-21-31-28-16-7-3-12-24(28)25-13-4-8-17-29(25)31/h1-8,10-17,30-32H,9,18-21,37H2,(H,45,46)/t32?,36-/m0/s1. The third kappa shape index (κ3) is 5.84. The average Bonchev–Trinajstić information content (AvgIpc) is 3.63. The summed E-state index contributed by atoms with van der Waals surface area (Å²) in [6.45, 7) is -0.568. The van der Waals surface area contributed by atoms with Crippen molar-refractivity contribution >= 4 is 18.2 Å². The molecule has 0 spiro atoms. The molecule has 0 aliphatic heterocycles. The number of ether oxygens (including phenoxy) is 2. The average molecular weight is 673 g/mol. The number of carbonyl (C=O) groups excluding carboxylic acids is 2. The number of hydrogen-bond acceptors (Lipinski definition) is 8. The maximum absolute atomic E-state index is 14.2. The Labute approximate surface area is 286 Å². The van der Waals surface area contributed by atoms with Gasteiger partial charge in [-0.25, -0.2) is 14.4 Å². The molecule has 0 heterocycles. The van der Waals surface area contributed by atoms with Gasteiger partial charge in [0.05, 0.1) is 6.04 Å². The number of hydrogen-bond donors (Lipinski definition) is 2. The summed E-state index contributed by atoms with van der Waals surface area (Å²) in [5.41, 5.74) is 28.9. The zero-order valence-electron chi connectivity index (χ0n) is 26.7. The zero-order valence-corrected chi connectivity index (χ0v) is 26.7. The van der Waals surface area contributed by atoms with E-state index in [1.807, 2.05) is 97.1 Å². The van der Waals surface area contributed by atoms with Crippen molar-refractivity contribution in [3.8, 4) is 22.3 Å². The van der Waals surface area contributed by atoms with Crippen LogP contribution in [0.25, 0.3) is 43.1 Å². The number of amides is 2. The molecule has 6 rings (SSSR count). The molecule has 0 saturated heterocycles. The van der Waals surface area contributed by atoms with Crippen LogP contribution in [-0.2, 0) is 14.3 Å². The molecule has 0 radical (unpaired) electrons. The lowest BCUT2D eigenvalue weighted by Gasteiger charge is -2.38. The van der Waals surface area contributed by atoms with Crippen molar-refractivity contribution in [2.75, 3.05) is 19.8 Å². The molecule has 4 aromatic rings. The Balaban J connectivity index is 1.37. The Morgan fingerprint density at radius 1 is 0.740 bits per heavy atom. The summed E-state index contributed by atoms with van der Waals surface area (Å²) in [5, 5.41) is 17.7. The van der Waals surface area contributed by atoms with E-state index in [0.29, 0.717) is 0 Å². The first kappa shape index (κ1) is 33.6. The van der Waals surface area contributed by atoms with Crippen molar-refractivity contribution in [1.29, 1.82) is 0 Å². The number of imide groups is 1. The van der Waals surface area contributed by atoms with E-state index < -0.39 is 41.7 Å². The molecule has 3 N–H and O–H groups in total. The molecule has 2 atom stereocenters. The first-order valence-corrected chi connectivity index (χ1v) is 15.9. The van der Waals surface area contributed by atoms with Crippen LogP contribution < -0.4 is 5.73 Å². The molecular formula is C36H32N8O6. The maximum Gasteiger partial charge on any atom is 0.420 e. The first-order valence-electron chi connectivity index (χ1n) is 15.9. The lowest BCUT2D eigenvalue weighted by molar-refractivity contribution is -0.151. The van der Waals surface area contributed by atoms with E-state index in [9.17, 15) is 30.6 Å². The fourth-order valence-corrected chi connectivity index (χ4v) is 6.99. The van der Waals surface area contributed by atoms with Gasteiger partial charge in [0.2, 0.25) is 5.66 Å². The van der Waals surface area contributed by atoms with Crippen molar-refractivity contribution in [1.82, 2.24) is 4.90 Å². The van der Waals surface area contributed by atoms with Crippen molar-refractivity contribution < 1.29 is 29.0 Å². The third-order valence-corrected chi connectivity index (χ3v) is 9.23. The number of carbonyl (C=O) groups is 3. The number of nitrogens with zero attached hydrogens (tertiary/aromatic N) is 7. The minimum Gasteiger partial charge on any atom is -0.479 e. The van der Waals surface area contributed by atoms with E-state index in [2.05, 4.69) is 20.1 Å². The van der Waals surface area contributed by atoms with Crippen LogP contribution in [0.5, 0.6) is 0 Å². The minimum absolute atomic E-state index is 0.0410. The van der Waals surface area contributed by atoms with Gasteiger partial charge in [-0.15, -0.1) is 0 Å². The van der Waals surface area contributed by atoms with Gasteiger partial charge < -0.3 is 20.3 Å². The highest BCUT2D eigenvalue weighted by Crippen LogP contribution is 2.46. The highest BCUT2D eigenvalue weighted by atomic mass is 16.6. The topological polar surface area (TPSA) is 217 Å². The van der Waals surface area contributed by atoms with E-state index >= 15 is 0 Å². The van der Waals surface area contributed by atoms with Gasteiger partial charge in [-0.1, -0.05) is 107 Å². The van der Waals surface area contributed by atoms with Gasteiger partial charge >= 0.3 is 18.2 Å². The molecule has 2 aliphatic rings.